The van der Waals surface area contributed by atoms with Crippen LogP contribution in [0.25, 0.3) is 0 Å². The molecule has 1 aromatic heterocycles. The molecule has 2 aliphatic rings. The summed E-state index contributed by atoms with van der Waals surface area (Å²) in [7, 11) is 0. The topological polar surface area (TPSA) is 50.2 Å². The van der Waals surface area contributed by atoms with Crippen molar-refractivity contribution in [2.45, 2.75) is 83.0 Å². The van der Waals surface area contributed by atoms with E-state index in [2.05, 4.69) is 6.92 Å². The average molecular weight is 321 g/mol. The third-order valence-corrected chi connectivity index (χ3v) is 6.72. The normalized spacial score (nSPS) is 28.3. The van der Waals surface area contributed by atoms with E-state index in [9.17, 15) is 9.90 Å². The molecule has 0 saturated heterocycles. The Morgan fingerprint density at radius 2 is 2.05 bits per heavy atom. The molecule has 0 aliphatic heterocycles. The Kier molecular flexibility index (Phi) is 5.17. The van der Waals surface area contributed by atoms with E-state index in [0.29, 0.717) is 5.92 Å². The fourth-order valence-corrected chi connectivity index (χ4v) is 5.38. The number of aromatic nitrogens is 1. The second kappa shape index (κ2) is 7.12. The van der Waals surface area contributed by atoms with Gasteiger partial charge < -0.3 is 5.11 Å². The third-order valence-electron chi connectivity index (χ3n) is 5.43. The Morgan fingerprint density at radius 1 is 1.27 bits per heavy atom. The largest absolute Gasteiger partial charge is 0.481 e. The number of thiazole rings is 1. The molecular formula is C18H27NO2S. The molecule has 0 bridgehead atoms. The minimum atomic E-state index is -0.693. The van der Waals surface area contributed by atoms with Crippen molar-refractivity contribution in [3.05, 3.63) is 15.6 Å². The second-order valence-corrected chi connectivity index (χ2v) is 8.12. The van der Waals surface area contributed by atoms with Crippen molar-refractivity contribution in [2.24, 2.45) is 5.92 Å². The maximum atomic E-state index is 11.4. The van der Waals surface area contributed by atoms with Gasteiger partial charge in [0.1, 0.15) is 0 Å². The maximum Gasteiger partial charge on any atom is 0.312 e. The van der Waals surface area contributed by atoms with Crippen molar-refractivity contribution >= 4 is 17.3 Å². The Labute approximate surface area is 137 Å². The smallest absolute Gasteiger partial charge is 0.312 e. The molecule has 3 rings (SSSR count). The predicted molar refractivity (Wildman–Crippen MR) is 89.7 cm³/mol. The SMILES string of the molecule is CCCCC1CCC(c2nc3c(s2)CCCC3C(=O)O)CC1. The van der Waals surface area contributed by atoms with Crippen LogP contribution in [0.1, 0.15) is 92.1 Å². The van der Waals surface area contributed by atoms with Crippen LogP contribution in [0.15, 0.2) is 0 Å². The highest BCUT2D eigenvalue weighted by molar-refractivity contribution is 7.11. The summed E-state index contributed by atoms with van der Waals surface area (Å²) in [6.07, 6.45) is 12.0. The van der Waals surface area contributed by atoms with E-state index in [0.717, 1.165) is 30.9 Å². The van der Waals surface area contributed by atoms with Crippen LogP contribution in [-0.4, -0.2) is 16.1 Å². The van der Waals surface area contributed by atoms with Gasteiger partial charge in [-0.1, -0.05) is 26.2 Å². The Morgan fingerprint density at radius 3 is 2.73 bits per heavy atom. The molecule has 0 radical (unpaired) electrons. The number of rotatable bonds is 5. The first-order valence-corrected chi connectivity index (χ1v) is 9.73. The zero-order valence-electron chi connectivity index (χ0n) is 13.5. The van der Waals surface area contributed by atoms with Crippen LogP contribution in [0, 0.1) is 5.92 Å². The van der Waals surface area contributed by atoms with Gasteiger partial charge in [0, 0.05) is 10.8 Å². The molecule has 1 unspecified atom stereocenters. The second-order valence-electron chi connectivity index (χ2n) is 7.00. The molecule has 1 saturated carbocycles. The number of carboxylic acids is 1. The van der Waals surface area contributed by atoms with E-state index >= 15 is 0 Å². The molecule has 1 heterocycles. The summed E-state index contributed by atoms with van der Waals surface area (Å²) in [5.74, 6) is 0.455. The summed E-state index contributed by atoms with van der Waals surface area (Å²) in [6, 6.07) is 0. The van der Waals surface area contributed by atoms with Gasteiger partial charge in [-0.15, -0.1) is 11.3 Å². The fourth-order valence-electron chi connectivity index (χ4n) is 4.04. The quantitative estimate of drug-likeness (QED) is 0.819. The number of aryl methyl sites for hydroxylation is 1. The summed E-state index contributed by atoms with van der Waals surface area (Å²) in [4.78, 5) is 17.5. The molecular weight excluding hydrogens is 294 g/mol. The van der Waals surface area contributed by atoms with Crippen LogP contribution in [0.5, 0.6) is 0 Å². The highest BCUT2D eigenvalue weighted by Gasteiger charge is 2.32. The van der Waals surface area contributed by atoms with E-state index in [-0.39, 0.29) is 5.92 Å². The molecule has 0 amide bonds. The van der Waals surface area contributed by atoms with Crippen molar-refractivity contribution in [3.8, 4) is 0 Å². The van der Waals surface area contributed by atoms with Gasteiger partial charge in [-0.3, -0.25) is 4.79 Å². The van der Waals surface area contributed by atoms with Crippen LogP contribution in [0.3, 0.4) is 0 Å². The fraction of sp³-hybridized carbons (Fsp3) is 0.778. The first kappa shape index (κ1) is 16.0. The van der Waals surface area contributed by atoms with Gasteiger partial charge in [-0.25, -0.2) is 4.98 Å². The highest BCUT2D eigenvalue weighted by atomic mass is 32.1. The standard InChI is InChI=1S/C18H27NO2S/c1-2-3-5-12-8-10-13(11-9-12)17-19-16-14(18(20)21)6-4-7-15(16)22-17/h12-14H,2-11H2,1H3,(H,20,21). The lowest BCUT2D eigenvalue weighted by molar-refractivity contribution is -0.139. The number of hydrogen-bond donors (Lipinski definition) is 1. The van der Waals surface area contributed by atoms with Gasteiger partial charge in [-0.05, 0) is 50.9 Å². The highest BCUT2D eigenvalue weighted by Crippen LogP contribution is 2.42. The van der Waals surface area contributed by atoms with Crippen molar-refractivity contribution < 1.29 is 9.90 Å². The summed E-state index contributed by atoms with van der Waals surface area (Å²) in [5.41, 5.74) is 0.895. The lowest BCUT2D eigenvalue weighted by Crippen LogP contribution is -2.17. The van der Waals surface area contributed by atoms with Gasteiger partial charge in [0.25, 0.3) is 0 Å². The van der Waals surface area contributed by atoms with Crippen molar-refractivity contribution in [2.75, 3.05) is 0 Å². The van der Waals surface area contributed by atoms with Crippen LogP contribution in [-0.2, 0) is 11.2 Å². The molecule has 122 valence electrons. The van der Waals surface area contributed by atoms with Gasteiger partial charge in [-0.2, -0.15) is 0 Å². The third kappa shape index (κ3) is 3.37. The number of nitrogens with zero attached hydrogens (tertiary/aromatic N) is 1. The Bertz CT molecular complexity index is 517. The number of carboxylic acid groups (broad SMARTS) is 1. The van der Waals surface area contributed by atoms with Crippen LogP contribution >= 0.6 is 11.3 Å². The Balaban J connectivity index is 1.66. The first-order chi connectivity index (χ1) is 10.7. The molecule has 4 heteroatoms. The summed E-state index contributed by atoms with van der Waals surface area (Å²) in [6.45, 7) is 2.27. The van der Waals surface area contributed by atoms with Gasteiger partial charge in [0.2, 0.25) is 0 Å². The van der Waals surface area contributed by atoms with Crippen LogP contribution < -0.4 is 0 Å². The van der Waals surface area contributed by atoms with Gasteiger partial charge in [0.05, 0.1) is 16.6 Å². The van der Waals surface area contributed by atoms with Crippen LogP contribution in [0.2, 0.25) is 0 Å². The van der Waals surface area contributed by atoms with Crippen molar-refractivity contribution in [1.29, 1.82) is 0 Å². The zero-order valence-corrected chi connectivity index (χ0v) is 14.3. The Hall–Kier alpha value is -0.900. The minimum absolute atomic E-state index is 0.352. The molecule has 1 aromatic rings. The summed E-state index contributed by atoms with van der Waals surface area (Å²) >= 11 is 1.81. The molecule has 22 heavy (non-hydrogen) atoms. The number of carbonyl (C=O) groups is 1. The lowest BCUT2D eigenvalue weighted by atomic mass is 9.80. The van der Waals surface area contributed by atoms with Crippen LogP contribution in [0.4, 0.5) is 0 Å². The van der Waals surface area contributed by atoms with E-state index in [1.54, 1.807) is 0 Å². The maximum absolute atomic E-state index is 11.4. The summed E-state index contributed by atoms with van der Waals surface area (Å²) < 4.78 is 0. The van der Waals surface area contributed by atoms with E-state index in [1.807, 2.05) is 11.3 Å². The number of hydrogen-bond acceptors (Lipinski definition) is 3. The molecule has 0 spiro atoms. The van der Waals surface area contributed by atoms with Gasteiger partial charge >= 0.3 is 5.97 Å². The predicted octanol–water partition coefficient (Wildman–Crippen LogP) is 5.11. The van der Waals surface area contributed by atoms with E-state index < -0.39 is 5.97 Å². The monoisotopic (exact) mass is 321 g/mol. The number of fused-ring (bicyclic) bond motifs is 1. The molecule has 1 fully saturated rings. The molecule has 1 N–H and O–H groups in total. The average Bonchev–Trinajstić information content (AvgIpc) is 2.97. The minimum Gasteiger partial charge on any atom is -0.481 e. The van der Waals surface area contributed by atoms with Gasteiger partial charge in [0.15, 0.2) is 0 Å². The number of unbranched alkanes of at least 4 members (excludes halogenated alkanes) is 1. The van der Waals surface area contributed by atoms with Crippen molar-refractivity contribution in [3.63, 3.8) is 0 Å². The number of aliphatic carboxylic acids is 1. The van der Waals surface area contributed by atoms with Crippen molar-refractivity contribution in [1.82, 2.24) is 4.98 Å². The first-order valence-electron chi connectivity index (χ1n) is 8.91. The molecule has 3 nitrogen and oxygen atoms in total. The van der Waals surface area contributed by atoms with E-state index in [1.165, 1.54) is 54.8 Å². The molecule has 2 aliphatic carbocycles. The molecule has 1 atom stereocenters. The summed E-state index contributed by atoms with van der Waals surface area (Å²) in [5, 5.41) is 10.6. The lowest BCUT2D eigenvalue weighted by Gasteiger charge is -2.27. The molecule has 0 aromatic carbocycles. The zero-order chi connectivity index (χ0) is 15.5. The van der Waals surface area contributed by atoms with E-state index in [4.69, 9.17) is 4.98 Å².